The fourth-order valence-corrected chi connectivity index (χ4v) is 0.530. The number of primary amides is 1. The van der Waals surface area contributed by atoms with Crippen molar-refractivity contribution in [3.8, 4) is 0 Å². The van der Waals surface area contributed by atoms with Gasteiger partial charge in [0, 0.05) is 0 Å². The molecule has 2 N–H and O–H groups in total. The zero-order valence-corrected chi connectivity index (χ0v) is 6.76. The number of hydrogen-bond donors (Lipinski definition) is 1. The Hall–Kier alpha value is -1.16. The molecule has 1 rings (SSSR count). The van der Waals surface area contributed by atoms with Crippen LogP contribution in [-0.2, 0) is 0 Å². The minimum atomic E-state index is -0.549. The van der Waals surface area contributed by atoms with Crippen molar-refractivity contribution in [2.45, 2.75) is 6.92 Å². The van der Waals surface area contributed by atoms with Crippen LogP contribution in [0, 0.1) is 6.92 Å². The van der Waals surface area contributed by atoms with Gasteiger partial charge in [0.1, 0.15) is 0 Å². The monoisotopic (exact) mass is 173 g/mol. The van der Waals surface area contributed by atoms with Crippen molar-refractivity contribution >= 4 is 18.3 Å². The van der Waals surface area contributed by atoms with Crippen LogP contribution < -0.4 is 5.73 Å². The number of carbonyl (C=O) groups is 1. The van der Waals surface area contributed by atoms with Gasteiger partial charge in [0.05, 0.1) is 5.69 Å². The Bertz CT molecular complexity index is 247. The summed E-state index contributed by atoms with van der Waals surface area (Å²) in [5.74, 6) is -0.549. The maximum absolute atomic E-state index is 10.4. The summed E-state index contributed by atoms with van der Waals surface area (Å²) in [7, 11) is 0. The Morgan fingerprint density at radius 3 is 2.45 bits per heavy atom. The van der Waals surface area contributed by atoms with E-state index in [0.29, 0.717) is 0 Å². The third kappa shape index (κ3) is 2.51. The van der Waals surface area contributed by atoms with Crippen molar-refractivity contribution in [1.29, 1.82) is 0 Å². The van der Waals surface area contributed by atoms with Crippen molar-refractivity contribution in [2.24, 2.45) is 5.73 Å². The molecule has 0 fully saturated rings. The topological polar surface area (TPSA) is 68.9 Å². The molecular weight excluding hydrogens is 166 g/mol. The number of rotatable bonds is 1. The first-order chi connectivity index (χ1) is 4.70. The molecule has 0 aromatic carbocycles. The molecule has 1 amide bonds. The van der Waals surface area contributed by atoms with Gasteiger partial charge in [-0.1, -0.05) is 0 Å². The lowest BCUT2D eigenvalue weighted by Gasteiger charge is -1.91. The van der Waals surface area contributed by atoms with Crippen LogP contribution in [0.25, 0.3) is 0 Å². The van der Waals surface area contributed by atoms with Crippen molar-refractivity contribution in [2.75, 3.05) is 0 Å². The molecule has 5 heteroatoms. The lowest BCUT2D eigenvalue weighted by atomic mass is 10.3. The van der Waals surface area contributed by atoms with E-state index in [0.717, 1.165) is 5.69 Å². The highest BCUT2D eigenvalue weighted by atomic mass is 35.5. The molecule has 0 saturated carbocycles. The second kappa shape index (κ2) is 3.88. The Balaban J connectivity index is 0.000001000. The largest absolute Gasteiger partial charge is 0.364 e. The molecule has 1 aromatic rings. The highest BCUT2D eigenvalue weighted by Crippen LogP contribution is 1.92. The highest BCUT2D eigenvalue weighted by Gasteiger charge is 1.99. The summed E-state index contributed by atoms with van der Waals surface area (Å²) in [5, 5.41) is 7.20. The summed E-state index contributed by atoms with van der Waals surface area (Å²) in [6, 6.07) is 3.23. The molecule has 0 aliphatic rings. The van der Waals surface area contributed by atoms with Crippen LogP contribution in [-0.4, -0.2) is 16.1 Å². The van der Waals surface area contributed by atoms with Crippen molar-refractivity contribution < 1.29 is 4.79 Å². The Kier molecular flexibility index (Phi) is 3.47. The first kappa shape index (κ1) is 9.84. The van der Waals surface area contributed by atoms with E-state index in [1.54, 1.807) is 19.1 Å². The fraction of sp³-hybridized carbons (Fsp3) is 0.167. The lowest BCUT2D eigenvalue weighted by Crippen LogP contribution is -2.13. The summed E-state index contributed by atoms with van der Waals surface area (Å²) in [6.45, 7) is 1.79. The zero-order valence-electron chi connectivity index (χ0n) is 5.94. The van der Waals surface area contributed by atoms with Crippen molar-refractivity contribution in [1.82, 2.24) is 10.2 Å². The molecule has 1 aromatic heterocycles. The molecule has 0 aliphatic heterocycles. The number of amides is 1. The summed E-state index contributed by atoms with van der Waals surface area (Å²) < 4.78 is 0. The van der Waals surface area contributed by atoms with Crippen molar-refractivity contribution in [3.63, 3.8) is 0 Å². The van der Waals surface area contributed by atoms with Crippen LogP contribution in [0.3, 0.4) is 0 Å². The van der Waals surface area contributed by atoms with Crippen molar-refractivity contribution in [3.05, 3.63) is 23.5 Å². The van der Waals surface area contributed by atoms with Crippen LogP contribution in [0.4, 0.5) is 0 Å². The van der Waals surface area contributed by atoms with Gasteiger partial charge in [-0.3, -0.25) is 4.79 Å². The third-order valence-corrected chi connectivity index (χ3v) is 1.05. The lowest BCUT2D eigenvalue weighted by molar-refractivity contribution is 0.0994. The van der Waals surface area contributed by atoms with E-state index >= 15 is 0 Å². The van der Waals surface area contributed by atoms with Crippen LogP contribution >= 0.6 is 12.4 Å². The SMILES string of the molecule is Cc1ccc(C(N)=O)nn1.Cl. The molecule has 0 unspecified atom stereocenters. The maximum Gasteiger partial charge on any atom is 0.269 e. The van der Waals surface area contributed by atoms with Gasteiger partial charge in [-0.2, -0.15) is 5.10 Å². The van der Waals surface area contributed by atoms with Gasteiger partial charge in [0.25, 0.3) is 5.91 Å². The molecule has 1 heterocycles. The third-order valence-electron chi connectivity index (χ3n) is 1.05. The Morgan fingerprint density at radius 2 is 2.09 bits per heavy atom. The Morgan fingerprint density at radius 1 is 1.45 bits per heavy atom. The molecule has 0 atom stereocenters. The molecule has 11 heavy (non-hydrogen) atoms. The predicted molar refractivity (Wildman–Crippen MR) is 42.5 cm³/mol. The van der Waals surface area contributed by atoms with E-state index in [1.807, 2.05) is 0 Å². The summed E-state index contributed by atoms with van der Waals surface area (Å²) in [6.07, 6.45) is 0. The maximum atomic E-state index is 10.4. The summed E-state index contributed by atoms with van der Waals surface area (Å²) in [4.78, 5) is 10.4. The first-order valence-corrected chi connectivity index (χ1v) is 2.80. The average molecular weight is 174 g/mol. The van der Waals surface area contributed by atoms with Gasteiger partial charge in [-0.05, 0) is 19.1 Å². The standard InChI is InChI=1S/C6H7N3O.ClH/c1-4-2-3-5(6(7)10)9-8-4;/h2-3H,1H3,(H2,7,10);1H. The number of aryl methyl sites for hydroxylation is 1. The van der Waals surface area contributed by atoms with Gasteiger partial charge >= 0.3 is 0 Å². The van der Waals surface area contributed by atoms with E-state index in [-0.39, 0.29) is 18.1 Å². The molecular formula is C6H8ClN3O. The molecule has 0 spiro atoms. The average Bonchev–Trinajstić information content (AvgIpc) is 1.88. The quantitative estimate of drug-likeness (QED) is 0.665. The Labute approximate surface area is 70.2 Å². The molecule has 4 nitrogen and oxygen atoms in total. The van der Waals surface area contributed by atoms with E-state index in [2.05, 4.69) is 10.2 Å². The highest BCUT2D eigenvalue weighted by molar-refractivity contribution is 5.90. The second-order valence-corrected chi connectivity index (χ2v) is 1.92. The first-order valence-electron chi connectivity index (χ1n) is 2.80. The molecule has 0 saturated heterocycles. The van der Waals surface area contributed by atoms with Crippen LogP contribution in [0.1, 0.15) is 16.2 Å². The minimum Gasteiger partial charge on any atom is -0.364 e. The predicted octanol–water partition coefficient (Wildman–Crippen LogP) is 0.306. The van der Waals surface area contributed by atoms with Crippen LogP contribution in [0.15, 0.2) is 12.1 Å². The summed E-state index contributed by atoms with van der Waals surface area (Å²) >= 11 is 0. The van der Waals surface area contributed by atoms with E-state index in [9.17, 15) is 4.79 Å². The van der Waals surface area contributed by atoms with Gasteiger partial charge in [-0.25, -0.2) is 0 Å². The number of aromatic nitrogens is 2. The van der Waals surface area contributed by atoms with Crippen LogP contribution in [0.2, 0.25) is 0 Å². The van der Waals surface area contributed by atoms with E-state index < -0.39 is 5.91 Å². The number of nitrogens with two attached hydrogens (primary N) is 1. The fourth-order valence-electron chi connectivity index (χ4n) is 0.530. The van der Waals surface area contributed by atoms with E-state index in [1.165, 1.54) is 0 Å². The second-order valence-electron chi connectivity index (χ2n) is 1.92. The molecule has 0 radical (unpaired) electrons. The smallest absolute Gasteiger partial charge is 0.269 e. The number of carbonyl (C=O) groups excluding carboxylic acids is 1. The van der Waals surface area contributed by atoms with Gasteiger partial charge in [0.15, 0.2) is 5.69 Å². The number of halogens is 1. The van der Waals surface area contributed by atoms with Gasteiger partial charge in [0.2, 0.25) is 0 Å². The molecule has 0 bridgehead atoms. The minimum absolute atomic E-state index is 0. The van der Waals surface area contributed by atoms with Gasteiger partial charge in [-0.15, -0.1) is 17.5 Å². The number of nitrogens with zero attached hydrogens (tertiary/aromatic N) is 2. The summed E-state index contributed by atoms with van der Waals surface area (Å²) in [5.41, 5.74) is 5.89. The van der Waals surface area contributed by atoms with Gasteiger partial charge < -0.3 is 5.73 Å². The van der Waals surface area contributed by atoms with E-state index in [4.69, 9.17) is 5.73 Å². The normalized spacial score (nSPS) is 8.45. The zero-order chi connectivity index (χ0) is 7.56. The number of hydrogen-bond acceptors (Lipinski definition) is 3. The van der Waals surface area contributed by atoms with Crippen LogP contribution in [0.5, 0.6) is 0 Å². The molecule has 60 valence electrons. The molecule has 0 aliphatic carbocycles.